The van der Waals surface area contributed by atoms with Crippen LogP contribution in [0.3, 0.4) is 0 Å². The third-order valence-corrected chi connectivity index (χ3v) is 3.84. The van der Waals surface area contributed by atoms with Crippen molar-refractivity contribution < 1.29 is 13.7 Å². The molecule has 25 heavy (non-hydrogen) atoms. The molecule has 0 aliphatic rings. The fraction of sp³-hybridized carbons (Fsp3) is 0.273. The molecule has 2 unspecified atom stereocenters. The number of rotatable bonds is 4. The highest BCUT2D eigenvalue weighted by Crippen LogP contribution is 2.34. The van der Waals surface area contributed by atoms with Gasteiger partial charge in [-0.05, 0) is 29.0 Å². The summed E-state index contributed by atoms with van der Waals surface area (Å²) in [6.45, 7) is 3.89. The van der Waals surface area contributed by atoms with Gasteiger partial charge in [0.15, 0.2) is 5.69 Å². The molecule has 3 aromatic rings. The topological polar surface area (TPSA) is 22.2 Å². The first-order valence-electron chi connectivity index (χ1n) is 12.6. The van der Waals surface area contributed by atoms with Crippen molar-refractivity contribution in [1.82, 2.24) is 9.55 Å². The zero-order chi connectivity index (χ0) is 26.6. The first-order valence-corrected chi connectivity index (χ1v) is 7.63. The Hall–Kier alpha value is -2.86. The van der Waals surface area contributed by atoms with Crippen LogP contribution in [0.4, 0.5) is 5.69 Å². The quantitative estimate of drug-likeness (QED) is 0.509. The molecule has 3 heteroatoms. The highest BCUT2D eigenvalue weighted by molar-refractivity contribution is 5.66. The Balaban J connectivity index is 2.55. The molecule has 1 aromatic heterocycles. The molecular weight excluding hydrogens is 306 g/mol. The fourth-order valence-electron chi connectivity index (χ4n) is 2.69. The number of hydrogen-bond acceptors (Lipinski definition) is 1. The van der Waals surface area contributed by atoms with Crippen molar-refractivity contribution in [3.05, 3.63) is 77.4 Å². The van der Waals surface area contributed by atoms with Gasteiger partial charge in [0.1, 0.15) is 5.82 Å². The van der Waals surface area contributed by atoms with Gasteiger partial charge in [-0.3, -0.25) is 4.57 Å². The first-order chi connectivity index (χ1) is 15.9. The van der Waals surface area contributed by atoms with Crippen molar-refractivity contribution in [2.24, 2.45) is 0 Å². The van der Waals surface area contributed by atoms with E-state index in [0.717, 1.165) is 18.4 Å². The number of para-hydroxylation sites is 1. The van der Waals surface area contributed by atoms with Crippen LogP contribution in [0.25, 0.3) is 21.9 Å². The highest BCUT2D eigenvalue weighted by Gasteiger charge is 2.18. The van der Waals surface area contributed by atoms with Crippen LogP contribution in [0.2, 0.25) is 0 Å². The van der Waals surface area contributed by atoms with Crippen molar-refractivity contribution >= 4 is 5.69 Å². The van der Waals surface area contributed by atoms with Crippen LogP contribution in [0.15, 0.2) is 54.8 Å². The van der Waals surface area contributed by atoms with Crippen molar-refractivity contribution in [3.63, 3.8) is 0 Å². The van der Waals surface area contributed by atoms with Gasteiger partial charge in [0.2, 0.25) is 0 Å². The van der Waals surface area contributed by atoms with Gasteiger partial charge in [-0.2, -0.15) is 0 Å². The highest BCUT2D eigenvalue weighted by atomic mass is 15.1. The molecule has 0 spiro atoms. The van der Waals surface area contributed by atoms with Crippen LogP contribution in [0.5, 0.6) is 0 Å². The van der Waals surface area contributed by atoms with Crippen LogP contribution in [-0.2, 0) is 0 Å². The third-order valence-electron chi connectivity index (χ3n) is 3.84. The average molecular weight is 340 g/mol. The van der Waals surface area contributed by atoms with Crippen LogP contribution in [-0.4, -0.2) is 9.55 Å². The smallest absolute Gasteiger partial charge is 0.187 e. The summed E-state index contributed by atoms with van der Waals surface area (Å²) in [5.74, 6) is -4.54. The third kappa shape index (κ3) is 3.21. The second-order valence-corrected chi connectivity index (χ2v) is 5.61. The summed E-state index contributed by atoms with van der Waals surface area (Å²) in [6.07, 6.45) is -0.959. The largest absolute Gasteiger partial charge is 0.299 e. The zero-order valence-electron chi connectivity index (χ0n) is 23.9. The predicted molar refractivity (Wildman–Crippen MR) is 103 cm³/mol. The van der Waals surface area contributed by atoms with Crippen LogP contribution < -0.4 is 0 Å². The van der Waals surface area contributed by atoms with Gasteiger partial charge in [-0.15, -0.1) is 0 Å². The lowest BCUT2D eigenvalue weighted by molar-refractivity contribution is 0.807. The molecule has 0 N–H and O–H groups in total. The van der Waals surface area contributed by atoms with Crippen molar-refractivity contribution in [3.8, 4) is 17.1 Å². The summed E-state index contributed by atoms with van der Waals surface area (Å²) in [5, 5.41) is 0. The van der Waals surface area contributed by atoms with Gasteiger partial charge >= 0.3 is 0 Å². The summed E-state index contributed by atoms with van der Waals surface area (Å²) in [4.78, 5) is 7.52. The minimum Gasteiger partial charge on any atom is -0.299 e. The van der Waals surface area contributed by atoms with E-state index in [0.29, 0.717) is 5.56 Å². The summed E-state index contributed by atoms with van der Waals surface area (Å²) in [5.41, 5.74) is 0.114. The second kappa shape index (κ2) is 6.94. The zero-order valence-corrected chi connectivity index (χ0v) is 13.9. The molecule has 0 saturated carbocycles. The molecule has 0 bridgehead atoms. The standard InChI is InChI=1S/C22H23N3/c1-15(2)19-10-7-11-20(16(3)4)21(19)25-13-12-24-22(25)17-8-6-9-18(14-17)23-5/h6-16H,1-4H3/i1D3,3D3,12D,13D,15D,16D. The fourth-order valence-corrected chi connectivity index (χ4v) is 2.69. The van der Waals surface area contributed by atoms with Crippen molar-refractivity contribution in [1.29, 1.82) is 0 Å². The Morgan fingerprint density at radius 2 is 1.84 bits per heavy atom. The van der Waals surface area contributed by atoms with E-state index < -0.39 is 37.8 Å². The van der Waals surface area contributed by atoms with E-state index in [4.69, 9.17) is 20.3 Å². The van der Waals surface area contributed by atoms with E-state index >= 15 is 0 Å². The Morgan fingerprint density at radius 1 is 1.16 bits per heavy atom. The normalized spacial score (nSPS) is 22.6. The average Bonchev–Trinajstić information content (AvgIpc) is 3.05. The summed E-state index contributed by atoms with van der Waals surface area (Å²) >= 11 is 0. The predicted octanol–water partition coefficient (Wildman–Crippen LogP) is 6.34. The number of hydrogen-bond donors (Lipinski definition) is 0. The molecule has 126 valence electrons. The molecule has 0 aliphatic heterocycles. The minimum atomic E-state index is -2.85. The van der Waals surface area contributed by atoms with Crippen LogP contribution >= 0.6 is 0 Å². The van der Waals surface area contributed by atoms with E-state index in [1.165, 1.54) is 24.3 Å². The Morgan fingerprint density at radius 3 is 2.48 bits per heavy atom. The summed E-state index contributed by atoms with van der Waals surface area (Å²) < 4.78 is 83.1. The Bertz CT molecular complexity index is 1270. The lowest BCUT2D eigenvalue weighted by Crippen LogP contribution is -2.07. The molecule has 0 aliphatic carbocycles. The van der Waals surface area contributed by atoms with E-state index in [9.17, 15) is 0 Å². The Kier molecular flexibility index (Phi) is 2.36. The number of nitrogens with zero attached hydrogens (tertiary/aromatic N) is 3. The van der Waals surface area contributed by atoms with Crippen LogP contribution in [0, 0.1) is 6.57 Å². The van der Waals surface area contributed by atoms with E-state index in [1.54, 1.807) is 18.2 Å². The van der Waals surface area contributed by atoms with Gasteiger partial charge in [0, 0.05) is 28.9 Å². The molecule has 0 fully saturated rings. The van der Waals surface area contributed by atoms with Gasteiger partial charge in [-0.1, -0.05) is 63.9 Å². The second-order valence-electron chi connectivity index (χ2n) is 5.61. The van der Waals surface area contributed by atoms with Gasteiger partial charge in [0.25, 0.3) is 0 Å². The first kappa shape index (κ1) is 8.49. The number of imidazole rings is 1. The lowest BCUT2D eigenvalue weighted by atomic mass is 9.92. The number of benzene rings is 2. The summed E-state index contributed by atoms with van der Waals surface area (Å²) in [7, 11) is 0. The maximum Gasteiger partial charge on any atom is 0.187 e. The molecule has 2 aromatic carbocycles. The maximum absolute atomic E-state index is 8.74. The molecule has 2 atom stereocenters. The van der Waals surface area contributed by atoms with Crippen LogP contribution in [0.1, 0.15) is 64.2 Å². The maximum atomic E-state index is 8.74. The van der Waals surface area contributed by atoms with Crippen molar-refractivity contribution in [2.45, 2.75) is 39.3 Å². The molecular formula is C22H23N3. The van der Waals surface area contributed by atoms with Gasteiger partial charge in [-0.25, -0.2) is 9.83 Å². The molecule has 0 saturated heterocycles. The lowest BCUT2D eigenvalue weighted by Gasteiger charge is -2.21. The molecule has 1 heterocycles. The molecule has 3 rings (SSSR count). The van der Waals surface area contributed by atoms with E-state index in [-0.39, 0.29) is 28.3 Å². The molecule has 0 amide bonds. The summed E-state index contributed by atoms with van der Waals surface area (Å²) in [6, 6.07) is 10.3. The van der Waals surface area contributed by atoms with E-state index in [2.05, 4.69) is 9.83 Å². The van der Waals surface area contributed by atoms with Gasteiger partial charge < -0.3 is 0 Å². The number of aromatic nitrogens is 2. The van der Waals surface area contributed by atoms with Gasteiger partial charge in [0.05, 0.1) is 15.0 Å². The minimum absolute atomic E-state index is 0.0121. The monoisotopic (exact) mass is 339 g/mol. The Labute approximate surface area is 163 Å². The van der Waals surface area contributed by atoms with Crippen molar-refractivity contribution in [2.75, 3.05) is 0 Å². The SMILES string of the molecule is [2H]c1nc(-c2cccc([N+]#[C-])c2)n(-c2c(C([2H])(C)C([2H])([2H])[2H])cccc2C([2H])(C)C([2H])([2H])[2H])c1[2H]. The van der Waals surface area contributed by atoms with E-state index in [1.807, 2.05) is 0 Å². The molecule has 0 radical (unpaired) electrons. The molecule has 3 nitrogen and oxygen atoms in total.